The van der Waals surface area contributed by atoms with Crippen molar-refractivity contribution in [3.05, 3.63) is 35.9 Å². The van der Waals surface area contributed by atoms with Crippen molar-refractivity contribution < 1.29 is 32.6 Å². The van der Waals surface area contributed by atoms with E-state index >= 15 is 0 Å². The highest BCUT2D eigenvalue weighted by Crippen LogP contribution is 2.21. The first-order chi connectivity index (χ1) is 15.8. The molecule has 0 aliphatic carbocycles. The highest BCUT2D eigenvalue weighted by molar-refractivity contribution is 7.90. The first kappa shape index (κ1) is 27.6. The smallest absolute Gasteiger partial charge is 0.410 e. The van der Waals surface area contributed by atoms with E-state index in [9.17, 15) is 27.9 Å². The summed E-state index contributed by atoms with van der Waals surface area (Å²) >= 11 is 0. The number of hydrogen-bond acceptors (Lipinski definition) is 6. The lowest BCUT2D eigenvalue weighted by Crippen LogP contribution is -2.48. The van der Waals surface area contributed by atoms with Gasteiger partial charge in [-0.05, 0) is 45.6 Å². The van der Waals surface area contributed by atoms with Crippen LogP contribution in [0.1, 0.15) is 52.0 Å². The predicted molar refractivity (Wildman–Crippen MR) is 128 cm³/mol. The Labute approximate surface area is 202 Å². The number of benzene rings is 1. The number of hydrogen-bond donors (Lipinski definition) is 1. The molecule has 0 aromatic heterocycles. The van der Waals surface area contributed by atoms with E-state index in [0.29, 0.717) is 31.5 Å². The third-order valence-electron chi connectivity index (χ3n) is 5.80. The van der Waals surface area contributed by atoms with Crippen LogP contribution in [0.25, 0.3) is 0 Å². The van der Waals surface area contributed by atoms with Crippen LogP contribution < -0.4 is 0 Å². The second-order valence-electron chi connectivity index (χ2n) is 9.82. The van der Waals surface area contributed by atoms with E-state index in [4.69, 9.17) is 4.74 Å². The normalized spacial score (nSPS) is 16.1. The van der Waals surface area contributed by atoms with Crippen molar-refractivity contribution in [2.45, 2.75) is 63.9 Å². The van der Waals surface area contributed by atoms with Gasteiger partial charge in [0.1, 0.15) is 5.60 Å². The van der Waals surface area contributed by atoms with Crippen LogP contribution in [0, 0.1) is 5.92 Å². The maximum atomic E-state index is 12.7. The zero-order chi connectivity index (χ0) is 25.5. The summed E-state index contributed by atoms with van der Waals surface area (Å²) in [6.45, 7) is 6.35. The Morgan fingerprint density at radius 1 is 1.15 bits per heavy atom. The summed E-state index contributed by atoms with van der Waals surface area (Å²) in [5.41, 5.74) is 0.0239. The molecule has 9 nitrogen and oxygen atoms in total. The summed E-state index contributed by atoms with van der Waals surface area (Å²) in [6, 6.07) is 8.52. The van der Waals surface area contributed by atoms with Gasteiger partial charge in [0.2, 0.25) is 5.91 Å². The average Bonchev–Trinajstić information content (AvgIpc) is 2.75. The number of aliphatic carboxylic acids is 1. The molecule has 190 valence electrons. The van der Waals surface area contributed by atoms with Crippen LogP contribution >= 0.6 is 0 Å². The van der Waals surface area contributed by atoms with Gasteiger partial charge in [0.05, 0.1) is 17.4 Å². The van der Waals surface area contributed by atoms with Gasteiger partial charge >= 0.3 is 12.1 Å². The molecular weight excluding hydrogens is 460 g/mol. The molecule has 1 N–H and O–H groups in total. The van der Waals surface area contributed by atoms with E-state index in [0.717, 1.165) is 0 Å². The molecule has 1 aromatic carbocycles. The minimum Gasteiger partial charge on any atom is -0.481 e. The Morgan fingerprint density at radius 2 is 1.74 bits per heavy atom. The lowest BCUT2D eigenvalue weighted by atomic mass is 10.0. The Hall–Kier alpha value is -2.62. The zero-order valence-electron chi connectivity index (χ0n) is 20.4. The van der Waals surface area contributed by atoms with Crippen LogP contribution in [0.2, 0.25) is 0 Å². The fraction of sp³-hybridized carbons (Fsp3) is 0.625. The average molecular weight is 497 g/mol. The maximum absolute atomic E-state index is 12.7. The van der Waals surface area contributed by atoms with Gasteiger partial charge in [-0.25, -0.2) is 13.2 Å². The molecule has 2 amide bonds. The number of carbonyl (C=O) groups is 3. The van der Waals surface area contributed by atoms with Gasteiger partial charge in [0.25, 0.3) is 0 Å². The van der Waals surface area contributed by atoms with E-state index < -0.39 is 33.1 Å². The van der Waals surface area contributed by atoms with Gasteiger partial charge < -0.3 is 19.6 Å². The van der Waals surface area contributed by atoms with E-state index in [-0.39, 0.29) is 36.6 Å². The van der Waals surface area contributed by atoms with Crippen LogP contribution in [-0.2, 0) is 29.9 Å². The van der Waals surface area contributed by atoms with E-state index in [1.165, 1.54) is 0 Å². The number of ether oxygens (including phenoxy) is 1. The number of rotatable bonds is 9. The van der Waals surface area contributed by atoms with Crippen molar-refractivity contribution >= 4 is 27.8 Å². The summed E-state index contributed by atoms with van der Waals surface area (Å²) in [5.74, 6) is -3.36. The Bertz CT molecular complexity index is 949. The molecule has 1 saturated heterocycles. The summed E-state index contributed by atoms with van der Waals surface area (Å²) < 4.78 is 30.4. The van der Waals surface area contributed by atoms with Gasteiger partial charge in [-0.15, -0.1) is 0 Å². The third-order valence-corrected chi connectivity index (χ3v) is 7.48. The number of amides is 2. The maximum Gasteiger partial charge on any atom is 0.410 e. The zero-order valence-corrected chi connectivity index (χ0v) is 21.2. The molecule has 0 unspecified atom stereocenters. The van der Waals surface area contributed by atoms with Gasteiger partial charge in [-0.3, -0.25) is 9.59 Å². The quantitative estimate of drug-likeness (QED) is 0.558. The second-order valence-corrected chi connectivity index (χ2v) is 11.9. The van der Waals surface area contributed by atoms with Crippen LogP contribution in [0.3, 0.4) is 0 Å². The van der Waals surface area contributed by atoms with Gasteiger partial charge in [0.15, 0.2) is 9.84 Å². The molecule has 1 aliphatic heterocycles. The molecule has 0 bridgehead atoms. The van der Waals surface area contributed by atoms with Crippen LogP contribution in [0.15, 0.2) is 30.3 Å². The molecule has 0 radical (unpaired) electrons. The number of carboxylic acids is 1. The largest absolute Gasteiger partial charge is 0.481 e. The molecule has 1 atom stereocenters. The fourth-order valence-electron chi connectivity index (χ4n) is 3.91. The number of likely N-dealkylation sites (tertiary alicyclic amines) is 1. The van der Waals surface area contributed by atoms with Crippen molar-refractivity contribution in [3.8, 4) is 0 Å². The molecule has 10 heteroatoms. The molecule has 34 heavy (non-hydrogen) atoms. The van der Waals surface area contributed by atoms with E-state index in [1.807, 2.05) is 0 Å². The standard InChI is InChI=1S/C24H36N2O7S/c1-24(2,3)33-23(30)26-14-12-20(13-15-26)25(4)21(27)11-10-19(22(28)29)17-34(31,32)16-18-8-6-5-7-9-18/h5-9,19-20H,10-17H2,1-4H3,(H,28,29)/t19-/m0/s1. The van der Waals surface area contributed by atoms with Crippen molar-refractivity contribution in [3.63, 3.8) is 0 Å². The minimum absolute atomic E-state index is 0.0523. The topological polar surface area (TPSA) is 121 Å². The molecule has 1 aromatic rings. The van der Waals surface area contributed by atoms with E-state index in [2.05, 4.69) is 0 Å². The summed E-state index contributed by atoms with van der Waals surface area (Å²) in [4.78, 5) is 39.8. The number of carbonyl (C=O) groups excluding carboxylic acids is 2. The van der Waals surface area contributed by atoms with Crippen molar-refractivity contribution in [2.24, 2.45) is 5.92 Å². The number of piperidine rings is 1. The van der Waals surface area contributed by atoms with Gasteiger partial charge in [-0.2, -0.15) is 0 Å². The van der Waals surface area contributed by atoms with Crippen LogP contribution in [0.5, 0.6) is 0 Å². The molecule has 0 saturated carbocycles. The lowest BCUT2D eigenvalue weighted by molar-refractivity contribution is -0.141. The van der Waals surface area contributed by atoms with Gasteiger partial charge in [0, 0.05) is 32.6 Å². The number of sulfone groups is 1. The highest BCUT2D eigenvalue weighted by Gasteiger charge is 2.31. The summed E-state index contributed by atoms with van der Waals surface area (Å²) in [6.07, 6.45) is 0.704. The third kappa shape index (κ3) is 8.96. The fourth-order valence-corrected chi connectivity index (χ4v) is 5.65. The molecule has 0 spiro atoms. The van der Waals surface area contributed by atoms with Crippen molar-refractivity contribution in [1.29, 1.82) is 0 Å². The Kier molecular flexibility index (Phi) is 9.49. The van der Waals surface area contributed by atoms with Crippen molar-refractivity contribution in [2.75, 3.05) is 25.9 Å². The predicted octanol–water partition coefficient (Wildman–Crippen LogP) is 2.94. The monoisotopic (exact) mass is 496 g/mol. The molecule has 1 fully saturated rings. The molecule has 1 heterocycles. The molecular formula is C24H36N2O7S. The minimum atomic E-state index is -3.65. The first-order valence-electron chi connectivity index (χ1n) is 11.5. The molecule has 1 aliphatic rings. The van der Waals surface area contributed by atoms with Crippen LogP contribution in [-0.4, -0.2) is 78.8 Å². The number of carboxylic acid groups (broad SMARTS) is 1. The summed E-state index contributed by atoms with van der Waals surface area (Å²) in [5, 5.41) is 9.53. The van der Waals surface area contributed by atoms with Crippen LogP contribution in [0.4, 0.5) is 4.79 Å². The van der Waals surface area contributed by atoms with E-state index in [1.54, 1.807) is 68.0 Å². The summed E-state index contributed by atoms with van der Waals surface area (Å²) in [7, 11) is -1.99. The SMILES string of the molecule is CN(C(=O)CC[C@@H](CS(=O)(=O)Cc1ccccc1)C(=O)O)C1CCN(C(=O)OC(C)(C)C)CC1. The molecule has 2 rings (SSSR count). The van der Waals surface area contributed by atoms with Crippen molar-refractivity contribution in [1.82, 2.24) is 9.80 Å². The highest BCUT2D eigenvalue weighted by atomic mass is 32.2. The lowest BCUT2D eigenvalue weighted by Gasteiger charge is -2.37. The first-order valence-corrected chi connectivity index (χ1v) is 13.3. The second kappa shape index (κ2) is 11.7. The number of nitrogens with zero attached hydrogens (tertiary/aromatic N) is 2. The Balaban J connectivity index is 1.85. The van der Waals surface area contributed by atoms with Gasteiger partial charge in [-0.1, -0.05) is 30.3 Å². The Morgan fingerprint density at radius 3 is 2.26 bits per heavy atom.